The van der Waals surface area contributed by atoms with Crippen molar-refractivity contribution in [3.05, 3.63) is 60.8 Å². The van der Waals surface area contributed by atoms with Crippen molar-refractivity contribution in [3.63, 3.8) is 0 Å². The third-order valence-electron chi connectivity index (χ3n) is 16.3. The van der Waals surface area contributed by atoms with E-state index < -0.39 is 6.10 Å². The lowest BCUT2D eigenvalue weighted by Crippen LogP contribution is -2.30. The van der Waals surface area contributed by atoms with Crippen LogP contribution >= 0.6 is 0 Å². The molecule has 0 fully saturated rings. The molecule has 0 aromatic heterocycles. The Morgan fingerprint density at radius 2 is 0.476 bits per heavy atom. The minimum absolute atomic E-state index is 0.0739. The van der Waals surface area contributed by atoms with Crippen LogP contribution < -0.4 is 0 Å². The SMILES string of the molecule is CC/C=C\C/C=C\C/C=C\C/C=C\CCCCCCCCCCC(=O)OC(COC(=O)CCCCCCCCCCC/C=C\CCCCCCCCCC)COC(=O)CCCCCCCCCCCCCCCCCCCCCCCC. The van der Waals surface area contributed by atoms with Crippen LogP contribution in [-0.2, 0) is 28.6 Å². The Labute approximate surface area is 510 Å². The van der Waals surface area contributed by atoms with Gasteiger partial charge in [0.05, 0.1) is 0 Å². The molecule has 0 aromatic carbocycles. The van der Waals surface area contributed by atoms with Crippen molar-refractivity contribution in [2.75, 3.05) is 13.2 Å². The first-order valence-corrected chi connectivity index (χ1v) is 36.3. The lowest BCUT2D eigenvalue weighted by Gasteiger charge is -2.18. The van der Waals surface area contributed by atoms with Crippen molar-refractivity contribution in [2.45, 2.75) is 393 Å². The van der Waals surface area contributed by atoms with Gasteiger partial charge in [-0.3, -0.25) is 14.4 Å². The van der Waals surface area contributed by atoms with Gasteiger partial charge in [0.2, 0.25) is 0 Å². The lowest BCUT2D eigenvalue weighted by atomic mass is 10.0. The Kier molecular flexibility index (Phi) is 68.1. The summed E-state index contributed by atoms with van der Waals surface area (Å²) < 4.78 is 17.0. The van der Waals surface area contributed by atoms with Gasteiger partial charge in [-0.05, 0) is 83.5 Å². The maximum atomic E-state index is 13.0. The van der Waals surface area contributed by atoms with Crippen LogP contribution in [0.5, 0.6) is 0 Å². The van der Waals surface area contributed by atoms with Gasteiger partial charge in [-0.15, -0.1) is 0 Å². The predicted molar refractivity (Wildman–Crippen MR) is 358 cm³/mol. The summed E-state index contributed by atoms with van der Waals surface area (Å²) in [5.74, 6) is -0.857. The monoisotopic (exact) mass is 1150 g/mol. The van der Waals surface area contributed by atoms with Crippen LogP contribution in [-0.4, -0.2) is 37.2 Å². The van der Waals surface area contributed by atoms with Gasteiger partial charge in [-0.2, -0.15) is 0 Å². The van der Waals surface area contributed by atoms with Crippen LogP contribution in [0.3, 0.4) is 0 Å². The minimum atomic E-state index is -0.780. The summed E-state index contributed by atoms with van der Waals surface area (Å²) in [5, 5.41) is 0. The first-order chi connectivity index (χ1) is 40.5. The Hall–Kier alpha value is -2.89. The molecule has 0 heterocycles. The average Bonchev–Trinajstić information content (AvgIpc) is 3.47. The normalized spacial score (nSPS) is 12.4. The van der Waals surface area contributed by atoms with Gasteiger partial charge in [0.1, 0.15) is 13.2 Å². The highest BCUT2D eigenvalue weighted by molar-refractivity contribution is 5.71. The molecular weight excluding hydrogens is 1010 g/mol. The molecule has 0 aliphatic rings. The van der Waals surface area contributed by atoms with E-state index in [2.05, 4.69) is 81.5 Å². The lowest BCUT2D eigenvalue weighted by molar-refractivity contribution is -0.167. The van der Waals surface area contributed by atoms with Gasteiger partial charge in [-0.25, -0.2) is 0 Å². The minimum Gasteiger partial charge on any atom is -0.462 e. The molecule has 478 valence electrons. The summed E-state index contributed by atoms with van der Waals surface area (Å²) in [6, 6.07) is 0. The van der Waals surface area contributed by atoms with E-state index in [1.165, 1.54) is 257 Å². The molecule has 0 spiro atoms. The van der Waals surface area contributed by atoms with E-state index >= 15 is 0 Å². The molecule has 0 aliphatic heterocycles. The van der Waals surface area contributed by atoms with E-state index in [-0.39, 0.29) is 31.1 Å². The molecule has 0 saturated carbocycles. The number of carbonyl (C=O) groups is 3. The van der Waals surface area contributed by atoms with Crippen LogP contribution in [0.1, 0.15) is 387 Å². The Morgan fingerprint density at radius 1 is 0.256 bits per heavy atom. The maximum absolute atomic E-state index is 13.0. The Morgan fingerprint density at radius 3 is 0.756 bits per heavy atom. The van der Waals surface area contributed by atoms with E-state index in [1.807, 2.05) is 0 Å². The largest absolute Gasteiger partial charge is 0.462 e. The van der Waals surface area contributed by atoms with Crippen LogP contribution in [0.15, 0.2) is 60.8 Å². The van der Waals surface area contributed by atoms with Crippen LogP contribution in [0.2, 0.25) is 0 Å². The Balaban J connectivity index is 4.34. The van der Waals surface area contributed by atoms with Gasteiger partial charge in [0.25, 0.3) is 0 Å². The number of rotatable bonds is 67. The van der Waals surface area contributed by atoms with E-state index in [4.69, 9.17) is 14.2 Å². The van der Waals surface area contributed by atoms with Crippen LogP contribution in [0, 0.1) is 0 Å². The fraction of sp³-hybridized carbons (Fsp3) is 0.829. The number of hydrogen-bond acceptors (Lipinski definition) is 6. The topological polar surface area (TPSA) is 78.9 Å². The number of ether oxygens (including phenoxy) is 3. The smallest absolute Gasteiger partial charge is 0.306 e. The molecule has 1 atom stereocenters. The zero-order valence-corrected chi connectivity index (χ0v) is 55.0. The summed E-state index contributed by atoms with van der Waals surface area (Å²) >= 11 is 0. The maximum Gasteiger partial charge on any atom is 0.306 e. The molecule has 82 heavy (non-hydrogen) atoms. The third-order valence-corrected chi connectivity index (χ3v) is 16.3. The fourth-order valence-electron chi connectivity index (χ4n) is 10.8. The van der Waals surface area contributed by atoms with E-state index in [0.29, 0.717) is 19.3 Å². The predicted octanol–water partition coefficient (Wildman–Crippen LogP) is 25.1. The fourth-order valence-corrected chi connectivity index (χ4v) is 10.8. The molecule has 0 aromatic rings. The second-order valence-electron chi connectivity index (χ2n) is 24.5. The van der Waals surface area contributed by atoms with Gasteiger partial charge in [0, 0.05) is 19.3 Å². The molecule has 6 nitrogen and oxygen atoms in total. The van der Waals surface area contributed by atoms with Crippen molar-refractivity contribution in [3.8, 4) is 0 Å². The number of hydrogen-bond donors (Lipinski definition) is 0. The number of allylic oxidation sites excluding steroid dienone is 10. The van der Waals surface area contributed by atoms with Crippen molar-refractivity contribution in [1.82, 2.24) is 0 Å². The summed E-state index contributed by atoms with van der Waals surface area (Å²) in [6.07, 6.45) is 91.0. The average molecular weight is 1150 g/mol. The van der Waals surface area contributed by atoms with Crippen molar-refractivity contribution < 1.29 is 28.6 Å². The number of esters is 3. The molecule has 6 heteroatoms. The van der Waals surface area contributed by atoms with Gasteiger partial charge >= 0.3 is 17.9 Å². The molecule has 0 saturated heterocycles. The molecule has 0 amide bonds. The van der Waals surface area contributed by atoms with Gasteiger partial charge < -0.3 is 14.2 Å². The first-order valence-electron chi connectivity index (χ1n) is 36.3. The first kappa shape index (κ1) is 79.1. The quantitative estimate of drug-likeness (QED) is 0.0261. The molecule has 0 rings (SSSR count). The zero-order valence-electron chi connectivity index (χ0n) is 55.0. The molecule has 0 radical (unpaired) electrons. The highest BCUT2D eigenvalue weighted by atomic mass is 16.6. The van der Waals surface area contributed by atoms with E-state index in [9.17, 15) is 14.4 Å². The van der Waals surface area contributed by atoms with Crippen molar-refractivity contribution >= 4 is 17.9 Å². The summed E-state index contributed by atoms with van der Waals surface area (Å²) in [6.45, 7) is 6.59. The highest BCUT2D eigenvalue weighted by Crippen LogP contribution is 2.18. The Bertz CT molecular complexity index is 1460. The van der Waals surface area contributed by atoms with Gasteiger partial charge in [-0.1, -0.05) is 345 Å². The summed E-state index contributed by atoms with van der Waals surface area (Å²) in [4.78, 5) is 38.5. The zero-order chi connectivity index (χ0) is 59.2. The van der Waals surface area contributed by atoms with Crippen LogP contribution in [0.25, 0.3) is 0 Å². The van der Waals surface area contributed by atoms with E-state index in [0.717, 1.165) is 89.9 Å². The molecular formula is C76H138O6. The van der Waals surface area contributed by atoms with E-state index in [1.54, 1.807) is 0 Å². The summed E-state index contributed by atoms with van der Waals surface area (Å²) in [7, 11) is 0. The molecule has 0 N–H and O–H groups in total. The molecule has 1 unspecified atom stereocenters. The van der Waals surface area contributed by atoms with Crippen LogP contribution in [0.4, 0.5) is 0 Å². The second-order valence-corrected chi connectivity index (χ2v) is 24.5. The standard InChI is InChI=1S/C76H138O6/c1-4-7-10-13-16-19-22-25-28-31-34-37-40-42-45-48-51-54-57-60-63-66-69-75(78)81-72-73(82-76(79)70-67-64-61-58-55-52-49-46-43-39-36-33-30-27-24-21-18-15-12-9-6-3)71-80-74(77)68-65-62-59-56-53-50-47-44-41-38-35-32-29-26-23-20-17-14-11-8-5-2/h9,12,18,21,27,30,32,35-36,39,73H,4-8,10-11,13-17,19-20,22-26,28-29,31,33-34,37-38,40-72H2,1-3H3/b12-9-,21-18-,30-27-,35-32-,39-36-. The second kappa shape index (κ2) is 70.6. The summed E-state index contributed by atoms with van der Waals surface area (Å²) in [5.41, 5.74) is 0. The molecule has 0 bridgehead atoms. The van der Waals surface area contributed by atoms with Crippen molar-refractivity contribution in [2.24, 2.45) is 0 Å². The third kappa shape index (κ3) is 67.9. The molecule has 0 aliphatic carbocycles. The van der Waals surface area contributed by atoms with Crippen molar-refractivity contribution in [1.29, 1.82) is 0 Å². The number of carbonyl (C=O) groups excluding carboxylic acids is 3. The highest BCUT2D eigenvalue weighted by Gasteiger charge is 2.19. The number of unbranched alkanes of at least 4 members (excludes halogenated alkanes) is 46. The van der Waals surface area contributed by atoms with Gasteiger partial charge in [0.15, 0.2) is 6.10 Å².